The summed E-state index contributed by atoms with van der Waals surface area (Å²) in [6.45, 7) is 4.08. The van der Waals surface area contributed by atoms with E-state index in [0.29, 0.717) is 49.3 Å². The van der Waals surface area contributed by atoms with E-state index in [1.807, 2.05) is 0 Å². The van der Waals surface area contributed by atoms with Crippen LogP contribution in [0.2, 0.25) is 0 Å². The standard InChI is InChI=1S/C23H29F2N3O2/c24-17-4-5-20(25)19(11-17)23(30)26-8-6-18(7-9-26)27-12-15-10-16(14-27)21-2-1-3-22(29)28(21)13-15/h4-5,11,15-16,18,21H,1-3,6-10,12-14H2/t15-,16-,21-/m1/s1. The van der Waals surface area contributed by atoms with Crippen LogP contribution in [0.25, 0.3) is 0 Å². The minimum atomic E-state index is -0.668. The molecule has 0 unspecified atom stereocenters. The lowest BCUT2D eigenvalue weighted by Crippen LogP contribution is -2.62. The van der Waals surface area contributed by atoms with Crippen LogP contribution in [0.1, 0.15) is 48.9 Å². The Morgan fingerprint density at radius 3 is 2.63 bits per heavy atom. The molecule has 4 aliphatic heterocycles. The second kappa shape index (κ2) is 7.91. The van der Waals surface area contributed by atoms with Gasteiger partial charge in [-0.15, -0.1) is 0 Å². The Kier molecular flexibility index (Phi) is 5.25. The van der Waals surface area contributed by atoms with Crippen molar-refractivity contribution in [3.63, 3.8) is 0 Å². The molecule has 0 N–H and O–H groups in total. The Labute approximate surface area is 176 Å². The lowest BCUT2D eigenvalue weighted by Gasteiger charge is -2.54. The average Bonchev–Trinajstić information content (AvgIpc) is 2.76. The zero-order valence-electron chi connectivity index (χ0n) is 17.2. The fraction of sp³-hybridized carbons (Fsp3) is 0.652. The van der Waals surface area contributed by atoms with Gasteiger partial charge in [-0.05, 0) is 62.1 Å². The van der Waals surface area contributed by atoms with E-state index in [-0.39, 0.29) is 5.56 Å². The van der Waals surface area contributed by atoms with Gasteiger partial charge in [-0.25, -0.2) is 8.78 Å². The van der Waals surface area contributed by atoms with Crippen molar-refractivity contribution in [3.8, 4) is 0 Å². The number of likely N-dealkylation sites (tertiary alicyclic amines) is 2. The normalized spacial score (nSPS) is 30.3. The number of carbonyl (C=O) groups excluding carboxylic acids is 2. The highest BCUT2D eigenvalue weighted by atomic mass is 19.1. The summed E-state index contributed by atoms with van der Waals surface area (Å²) in [5.74, 6) is -0.238. The molecule has 4 saturated heterocycles. The minimum Gasteiger partial charge on any atom is -0.339 e. The summed E-state index contributed by atoms with van der Waals surface area (Å²) in [5, 5.41) is 0. The summed E-state index contributed by atoms with van der Waals surface area (Å²) in [6.07, 6.45) is 5.78. The molecule has 0 saturated carbocycles. The Morgan fingerprint density at radius 2 is 1.83 bits per heavy atom. The number of piperidine rings is 4. The van der Waals surface area contributed by atoms with E-state index in [2.05, 4.69) is 9.80 Å². The van der Waals surface area contributed by atoms with Gasteiger partial charge in [-0.2, -0.15) is 0 Å². The smallest absolute Gasteiger partial charge is 0.256 e. The molecule has 1 aromatic carbocycles. The minimum absolute atomic E-state index is 0.178. The van der Waals surface area contributed by atoms with Crippen molar-refractivity contribution < 1.29 is 18.4 Å². The van der Waals surface area contributed by atoms with Crippen LogP contribution in [0, 0.1) is 23.5 Å². The molecule has 3 atom stereocenters. The molecular formula is C23H29F2N3O2. The SMILES string of the molecule is O=C(c1cc(F)ccc1F)N1CCC(N2C[C@H]3C[C@H](C2)[C@H]2CCCC(=O)N2C3)CC1. The number of nitrogens with zero attached hydrogens (tertiary/aromatic N) is 3. The van der Waals surface area contributed by atoms with E-state index in [1.165, 1.54) is 6.42 Å². The molecule has 2 bridgehead atoms. The van der Waals surface area contributed by atoms with E-state index in [4.69, 9.17) is 0 Å². The fourth-order valence-corrected chi connectivity index (χ4v) is 6.21. The molecule has 4 heterocycles. The topological polar surface area (TPSA) is 43.9 Å². The van der Waals surface area contributed by atoms with Crippen molar-refractivity contribution in [2.45, 2.75) is 50.6 Å². The molecule has 0 aromatic heterocycles. The number of hydrogen-bond acceptors (Lipinski definition) is 3. The van der Waals surface area contributed by atoms with Gasteiger partial charge in [0.2, 0.25) is 5.91 Å². The summed E-state index contributed by atoms with van der Waals surface area (Å²) in [4.78, 5) is 31.4. The predicted octanol–water partition coefficient (Wildman–Crippen LogP) is 2.90. The van der Waals surface area contributed by atoms with E-state index >= 15 is 0 Å². The van der Waals surface area contributed by atoms with E-state index in [0.717, 1.165) is 63.5 Å². The molecule has 0 radical (unpaired) electrons. The van der Waals surface area contributed by atoms with E-state index in [1.54, 1.807) is 4.90 Å². The first kappa shape index (κ1) is 19.9. The number of rotatable bonds is 2. The number of amides is 2. The summed E-state index contributed by atoms with van der Waals surface area (Å²) in [6, 6.07) is 3.87. The first-order valence-electron chi connectivity index (χ1n) is 11.3. The quantitative estimate of drug-likeness (QED) is 0.743. The van der Waals surface area contributed by atoms with Crippen molar-refractivity contribution in [3.05, 3.63) is 35.4 Å². The maximum Gasteiger partial charge on any atom is 0.256 e. The zero-order chi connectivity index (χ0) is 20.8. The molecule has 4 aliphatic rings. The molecular weight excluding hydrogens is 388 g/mol. The van der Waals surface area contributed by atoms with Gasteiger partial charge in [-0.3, -0.25) is 14.5 Å². The molecule has 30 heavy (non-hydrogen) atoms. The summed E-state index contributed by atoms with van der Waals surface area (Å²) >= 11 is 0. The average molecular weight is 418 g/mol. The van der Waals surface area contributed by atoms with Crippen molar-refractivity contribution in [2.75, 3.05) is 32.7 Å². The maximum atomic E-state index is 14.0. The van der Waals surface area contributed by atoms with Crippen molar-refractivity contribution in [2.24, 2.45) is 11.8 Å². The molecule has 4 fully saturated rings. The highest BCUT2D eigenvalue weighted by Gasteiger charge is 2.45. The van der Waals surface area contributed by atoms with Crippen LogP contribution in [-0.2, 0) is 4.79 Å². The summed E-state index contributed by atoms with van der Waals surface area (Å²) < 4.78 is 27.5. The molecule has 0 spiro atoms. The molecule has 1 aromatic rings. The fourth-order valence-electron chi connectivity index (χ4n) is 6.21. The predicted molar refractivity (Wildman–Crippen MR) is 108 cm³/mol. The van der Waals surface area contributed by atoms with Gasteiger partial charge in [0.25, 0.3) is 5.91 Å². The van der Waals surface area contributed by atoms with Crippen molar-refractivity contribution in [1.29, 1.82) is 0 Å². The van der Waals surface area contributed by atoms with Crippen LogP contribution < -0.4 is 0 Å². The molecule has 5 nitrogen and oxygen atoms in total. The first-order chi connectivity index (χ1) is 14.5. The number of benzene rings is 1. The Bertz CT molecular complexity index is 840. The monoisotopic (exact) mass is 417 g/mol. The zero-order valence-corrected chi connectivity index (χ0v) is 17.2. The van der Waals surface area contributed by atoms with Gasteiger partial charge in [0.1, 0.15) is 11.6 Å². The Morgan fingerprint density at radius 1 is 1.03 bits per heavy atom. The molecule has 2 amide bonds. The highest BCUT2D eigenvalue weighted by molar-refractivity contribution is 5.94. The Hall–Kier alpha value is -2.02. The van der Waals surface area contributed by atoms with Crippen LogP contribution in [0.15, 0.2) is 18.2 Å². The number of fused-ring (bicyclic) bond motifs is 4. The van der Waals surface area contributed by atoms with Gasteiger partial charge in [0, 0.05) is 51.2 Å². The van der Waals surface area contributed by atoms with Gasteiger partial charge in [0.15, 0.2) is 0 Å². The van der Waals surface area contributed by atoms with E-state index in [9.17, 15) is 18.4 Å². The van der Waals surface area contributed by atoms with Crippen molar-refractivity contribution >= 4 is 11.8 Å². The Balaban J connectivity index is 1.21. The maximum absolute atomic E-state index is 14.0. The third kappa shape index (κ3) is 3.61. The first-order valence-corrected chi connectivity index (χ1v) is 11.3. The van der Waals surface area contributed by atoms with Gasteiger partial charge < -0.3 is 9.80 Å². The van der Waals surface area contributed by atoms with Crippen LogP contribution in [0.4, 0.5) is 8.78 Å². The number of carbonyl (C=O) groups is 2. The number of halogens is 2. The van der Waals surface area contributed by atoms with Crippen LogP contribution in [0.5, 0.6) is 0 Å². The number of hydrogen-bond donors (Lipinski definition) is 0. The van der Waals surface area contributed by atoms with Crippen LogP contribution in [-0.4, -0.2) is 71.3 Å². The van der Waals surface area contributed by atoms with Crippen LogP contribution in [0.3, 0.4) is 0 Å². The van der Waals surface area contributed by atoms with Gasteiger partial charge in [0.05, 0.1) is 5.56 Å². The van der Waals surface area contributed by atoms with Crippen LogP contribution >= 0.6 is 0 Å². The van der Waals surface area contributed by atoms with E-state index < -0.39 is 17.5 Å². The highest BCUT2D eigenvalue weighted by Crippen LogP contribution is 2.39. The molecule has 7 heteroatoms. The van der Waals surface area contributed by atoms with Gasteiger partial charge >= 0.3 is 0 Å². The third-order valence-corrected chi connectivity index (χ3v) is 7.63. The molecule has 0 aliphatic carbocycles. The van der Waals surface area contributed by atoms with Gasteiger partial charge in [-0.1, -0.05) is 0 Å². The second-order valence-electron chi connectivity index (χ2n) is 9.47. The molecule has 5 rings (SSSR count). The summed E-state index contributed by atoms with van der Waals surface area (Å²) in [7, 11) is 0. The lowest BCUT2D eigenvalue weighted by molar-refractivity contribution is -0.145. The lowest BCUT2D eigenvalue weighted by atomic mass is 9.75. The second-order valence-corrected chi connectivity index (χ2v) is 9.47. The molecule has 162 valence electrons. The third-order valence-electron chi connectivity index (χ3n) is 7.63. The largest absolute Gasteiger partial charge is 0.339 e. The van der Waals surface area contributed by atoms with Crippen molar-refractivity contribution in [1.82, 2.24) is 14.7 Å². The summed E-state index contributed by atoms with van der Waals surface area (Å²) in [5.41, 5.74) is -0.178.